The minimum absolute atomic E-state index is 0.160. The Morgan fingerprint density at radius 2 is 2.14 bits per heavy atom. The summed E-state index contributed by atoms with van der Waals surface area (Å²) in [5.41, 5.74) is 0.987. The van der Waals surface area contributed by atoms with Gasteiger partial charge >= 0.3 is 0 Å². The lowest BCUT2D eigenvalue weighted by atomic mass is 10.2. The second kappa shape index (κ2) is 5.69. The van der Waals surface area contributed by atoms with Gasteiger partial charge in [-0.1, -0.05) is 11.6 Å². The van der Waals surface area contributed by atoms with Crippen molar-refractivity contribution < 1.29 is 4.74 Å². The van der Waals surface area contributed by atoms with E-state index in [1.807, 2.05) is 19.1 Å². The normalized spacial score (nSPS) is 12.6. The van der Waals surface area contributed by atoms with Crippen LogP contribution in [0, 0.1) is 6.92 Å². The van der Waals surface area contributed by atoms with E-state index in [0.717, 1.165) is 16.3 Å². The number of alkyl halides is 2. The number of hydrogen-bond acceptors (Lipinski definition) is 1. The van der Waals surface area contributed by atoms with Crippen LogP contribution in [0.25, 0.3) is 0 Å². The fraction of sp³-hybridized carbons (Fsp3) is 0.400. The molecule has 1 aromatic carbocycles. The summed E-state index contributed by atoms with van der Waals surface area (Å²) in [4.78, 5) is 0. The molecule has 0 N–H and O–H groups in total. The van der Waals surface area contributed by atoms with Crippen LogP contribution in [0.4, 0.5) is 0 Å². The Balaban J connectivity index is 2.55. The van der Waals surface area contributed by atoms with Crippen molar-refractivity contribution in [3.8, 4) is 5.75 Å². The zero-order valence-electron chi connectivity index (χ0n) is 7.77. The average Bonchev–Trinajstić information content (AvgIpc) is 2.19. The van der Waals surface area contributed by atoms with Gasteiger partial charge in [-0.05, 0) is 30.7 Å². The van der Waals surface area contributed by atoms with E-state index in [9.17, 15) is 0 Å². The number of rotatable bonds is 4. The van der Waals surface area contributed by atoms with E-state index >= 15 is 0 Å². The van der Waals surface area contributed by atoms with Crippen LogP contribution in [0.5, 0.6) is 5.75 Å². The molecule has 0 saturated heterocycles. The molecule has 0 aliphatic carbocycles. The highest BCUT2D eigenvalue weighted by Crippen LogP contribution is 2.21. The van der Waals surface area contributed by atoms with E-state index in [0.29, 0.717) is 12.5 Å². The van der Waals surface area contributed by atoms with Crippen LogP contribution in [0.15, 0.2) is 18.2 Å². The minimum atomic E-state index is -0.160. The van der Waals surface area contributed by atoms with Crippen molar-refractivity contribution in [3.63, 3.8) is 0 Å². The fourth-order valence-electron chi connectivity index (χ4n) is 0.938. The third-order valence-corrected chi connectivity index (χ3v) is 2.96. The number of halogens is 3. The van der Waals surface area contributed by atoms with E-state index in [1.54, 1.807) is 6.07 Å². The van der Waals surface area contributed by atoms with Crippen molar-refractivity contribution in [2.24, 2.45) is 0 Å². The smallest absolute Gasteiger partial charge is 0.119 e. The highest BCUT2D eigenvalue weighted by Gasteiger charge is 2.04. The molecular formula is C10H11Cl3O. The zero-order chi connectivity index (χ0) is 10.6. The molecule has 0 fully saturated rings. The van der Waals surface area contributed by atoms with Crippen LogP contribution in [0.3, 0.4) is 0 Å². The number of hydrogen-bond donors (Lipinski definition) is 0. The van der Waals surface area contributed by atoms with Crippen LogP contribution >= 0.6 is 34.8 Å². The van der Waals surface area contributed by atoms with Gasteiger partial charge in [0.1, 0.15) is 12.4 Å². The lowest BCUT2D eigenvalue weighted by molar-refractivity contribution is 0.321. The molecule has 0 bridgehead atoms. The van der Waals surface area contributed by atoms with Crippen molar-refractivity contribution in [1.82, 2.24) is 0 Å². The first-order valence-electron chi connectivity index (χ1n) is 4.22. The first-order valence-corrected chi connectivity index (χ1v) is 5.57. The predicted octanol–water partition coefficient (Wildman–Crippen LogP) is 3.87. The molecule has 78 valence electrons. The second-order valence-corrected chi connectivity index (χ2v) is 4.31. The Morgan fingerprint density at radius 3 is 2.71 bits per heavy atom. The molecule has 0 radical (unpaired) electrons. The summed E-state index contributed by atoms with van der Waals surface area (Å²) in [6.45, 7) is 2.33. The molecule has 14 heavy (non-hydrogen) atoms. The Labute approximate surface area is 98.9 Å². The SMILES string of the molecule is Cc1cc(OCC(Cl)CCl)ccc1Cl. The largest absolute Gasteiger partial charge is 0.492 e. The van der Waals surface area contributed by atoms with Gasteiger partial charge in [-0.15, -0.1) is 23.2 Å². The molecule has 1 atom stereocenters. The van der Waals surface area contributed by atoms with Crippen molar-refractivity contribution in [1.29, 1.82) is 0 Å². The summed E-state index contributed by atoms with van der Waals surface area (Å²) >= 11 is 17.2. The number of benzene rings is 1. The topological polar surface area (TPSA) is 9.23 Å². The van der Waals surface area contributed by atoms with Crippen molar-refractivity contribution in [2.45, 2.75) is 12.3 Å². The lowest BCUT2D eigenvalue weighted by Crippen LogP contribution is -2.12. The molecule has 0 aliphatic heterocycles. The molecule has 1 unspecified atom stereocenters. The van der Waals surface area contributed by atoms with Crippen LogP contribution in [0.1, 0.15) is 5.56 Å². The molecule has 1 nitrogen and oxygen atoms in total. The zero-order valence-corrected chi connectivity index (χ0v) is 10.0. The highest BCUT2D eigenvalue weighted by molar-refractivity contribution is 6.31. The van der Waals surface area contributed by atoms with Crippen LogP contribution < -0.4 is 4.74 Å². The third-order valence-electron chi connectivity index (χ3n) is 1.73. The van der Waals surface area contributed by atoms with E-state index < -0.39 is 0 Å². The Morgan fingerprint density at radius 1 is 1.43 bits per heavy atom. The van der Waals surface area contributed by atoms with Crippen molar-refractivity contribution in [2.75, 3.05) is 12.5 Å². The van der Waals surface area contributed by atoms with Gasteiger partial charge in [0.05, 0.1) is 5.38 Å². The summed E-state index contributed by atoms with van der Waals surface area (Å²) in [7, 11) is 0. The van der Waals surface area contributed by atoms with Gasteiger partial charge in [-0.2, -0.15) is 0 Å². The maximum Gasteiger partial charge on any atom is 0.119 e. The van der Waals surface area contributed by atoms with Gasteiger partial charge in [0, 0.05) is 10.9 Å². The Bertz CT molecular complexity index is 301. The number of aryl methyl sites for hydroxylation is 1. The maximum atomic E-state index is 5.87. The standard InChI is InChI=1S/C10H11Cl3O/c1-7-4-9(2-3-10(7)13)14-6-8(12)5-11/h2-4,8H,5-6H2,1H3. The third kappa shape index (κ3) is 3.56. The molecule has 1 rings (SSSR count). The second-order valence-electron chi connectivity index (χ2n) is 2.97. The molecule has 0 amide bonds. The van der Waals surface area contributed by atoms with E-state index in [1.165, 1.54) is 0 Å². The van der Waals surface area contributed by atoms with Crippen LogP contribution in [-0.4, -0.2) is 17.9 Å². The van der Waals surface area contributed by atoms with Crippen LogP contribution in [-0.2, 0) is 0 Å². The van der Waals surface area contributed by atoms with Crippen molar-refractivity contribution in [3.05, 3.63) is 28.8 Å². The first-order chi connectivity index (χ1) is 6.63. The molecule has 0 aromatic heterocycles. The number of ether oxygens (including phenoxy) is 1. The average molecular weight is 254 g/mol. The van der Waals surface area contributed by atoms with E-state index in [2.05, 4.69) is 0 Å². The van der Waals surface area contributed by atoms with Gasteiger partial charge in [0.25, 0.3) is 0 Å². The van der Waals surface area contributed by atoms with Gasteiger partial charge in [-0.3, -0.25) is 0 Å². The highest BCUT2D eigenvalue weighted by atomic mass is 35.5. The summed E-state index contributed by atoms with van der Waals surface area (Å²) in [6.07, 6.45) is 0. The first kappa shape index (κ1) is 12.0. The van der Waals surface area contributed by atoms with Gasteiger partial charge in [-0.25, -0.2) is 0 Å². The van der Waals surface area contributed by atoms with Gasteiger partial charge < -0.3 is 4.74 Å². The monoisotopic (exact) mass is 252 g/mol. The molecule has 0 spiro atoms. The minimum Gasteiger partial charge on any atom is -0.492 e. The predicted molar refractivity (Wildman–Crippen MR) is 62.0 cm³/mol. The summed E-state index contributed by atoms with van der Waals surface area (Å²) in [6, 6.07) is 5.49. The molecular weight excluding hydrogens is 242 g/mol. The summed E-state index contributed by atoms with van der Waals surface area (Å²) < 4.78 is 5.42. The quantitative estimate of drug-likeness (QED) is 0.740. The molecule has 4 heteroatoms. The van der Waals surface area contributed by atoms with Gasteiger partial charge in [0.2, 0.25) is 0 Å². The maximum absolute atomic E-state index is 5.87. The lowest BCUT2D eigenvalue weighted by Gasteiger charge is -2.09. The van der Waals surface area contributed by atoms with E-state index in [-0.39, 0.29) is 5.38 Å². The molecule has 0 saturated carbocycles. The Kier molecular flexibility index (Phi) is 4.86. The fourth-order valence-corrected chi connectivity index (χ4v) is 1.21. The Hall–Kier alpha value is -0.110. The molecule has 0 aliphatic rings. The van der Waals surface area contributed by atoms with E-state index in [4.69, 9.17) is 39.5 Å². The molecule has 0 heterocycles. The van der Waals surface area contributed by atoms with Crippen molar-refractivity contribution >= 4 is 34.8 Å². The van der Waals surface area contributed by atoms with Gasteiger partial charge in [0.15, 0.2) is 0 Å². The van der Waals surface area contributed by atoms with Crippen LogP contribution in [0.2, 0.25) is 5.02 Å². The molecule has 1 aromatic rings. The summed E-state index contributed by atoms with van der Waals surface area (Å²) in [5.74, 6) is 1.15. The summed E-state index contributed by atoms with van der Waals surface area (Å²) in [5, 5.41) is 0.574.